The molecule has 0 aliphatic heterocycles. The maximum Gasteiger partial charge on any atom is 0.183 e. The van der Waals surface area contributed by atoms with E-state index in [9.17, 15) is 0 Å². The lowest BCUT2D eigenvalue weighted by Gasteiger charge is -2.03. The Morgan fingerprint density at radius 1 is 1.43 bits per heavy atom. The fourth-order valence-electron chi connectivity index (χ4n) is 1.19. The van der Waals surface area contributed by atoms with Crippen molar-refractivity contribution in [1.82, 2.24) is 20.2 Å². The molecule has 1 heterocycles. The van der Waals surface area contributed by atoms with E-state index in [-0.39, 0.29) is 0 Å². The molecule has 2 rings (SSSR count). The van der Waals surface area contributed by atoms with Crippen molar-refractivity contribution in [2.75, 3.05) is 5.73 Å². The Kier molecular flexibility index (Phi) is 2.09. The minimum atomic E-state index is 0.565. The van der Waals surface area contributed by atoms with Crippen molar-refractivity contribution in [3.05, 3.63) is 23.2 Å². The van der Waals surface area contributed by atoms with Crippen molar-refractivity contribution in [2.24, 2.45) is 7.05 Å². The quantitative estimate of drug-likeness (QED) is 0.715. The van der Waals surface area contributed by atoms with Gasteiger partial charge in [0.1, 0.15) is 0 Å². The van der Waals surface area contributed by atoms with Gasteiger partial charge in [-0.1, -0.05) is 11.6 Å². The molecule has 1 aromatic heterocycles. The Morgan fingerprint density at radius 3 is 2.79 bits per heavy atom. The molecule has 0 atom stereocenters. The Labute approximate surface area is 85.5 Å². The molecular weight excluding hydrogens is 202 g/mol. The molecule has 2 N–H and O–H groups in total. The number of benzene rings is 1. The van der Waals surface area contributed by atoms with Crippen molar-refractivity contribution >= 4 is 17.3 Å². The van der Waals surface area contributed by atoms with E-state index >= 15 is 0 Å². The number of tetrazole rings is 1. The van der Waals surface area contributed by atoms with Gasteiger partial charge in [0.2, 0.25) is 0 Å². The lowest BCUT2D eigenvalue weighted by atomic mass is 10.2. The summed E-state index contributed by atoms with van der Waals surface area (Å²) in [6.07, 6.45) is 0. The highest BCUT2D eigenvalue weighted by atomic mass is 35.5. The van der Waals surface area contributed by atoms with Gasteiger partial charge in [0, 0.05) is 23.3 Å². The number of nitrogen functional groups attached to an aromatic ring is 1. The van der Waals surface area contributed by atoms with E-state index < -0.39 is 0 Å². The average molecular weight is 210 g/mol. The number of aryl methyl sites for hydroxylation is 1. The molecule has 5 nitrogen and oxygen atoms in total. The topological polar surface area (TPSA) is 69.6 Å². The van der Waals surface area contributed by atoms with Crippen molar-refractivity contribution in [1.29, 1.82) is 0 Å². The maximum absolute atomic E-state index is 5.79. The fraction of sp³-hybridized carbons (Fsp3) is 0.125. The first-order chi connectivity index (χ1) is 6.68. The Bertz CT molecular complexity index is 465. The van der Waals surface area contributed by atoms with Gasteiger partial charge in [0.15, 0.2) is 5.82 Å². The summed E-state index contributed by atoms with van der Waals surface area (Å²) in [6, 6.07) is 5.22. The Morgan fingerprint density at radius 2 is 2.21 bits per heavy atom. The smallest absolute Gasteiger partial charge is 0.183 e. The lowest BCUT2D eigenvalue weighted by molar-refractivity contribution is 0.715. The zero-order chi connectivity index (χ0) is 10.1. The third kappa shape index (κ3) is 1.42. The predicted octanol–water partition coefficient (Wildman–Crippen LogP) is 1.11. The van der Waals surface area contributed by atoms with Crippen molar-refractivity contribution in [2.45, 2.75) is 0 Å². The summed E-state index contributed by atoms with van der Waals surface area (Å²) in [5.41, 5.74) is 7.13. The van der Waals surface area contributed by atoms with E-state index in [1.54, 1.807) is 29.9 Å². The number of nitrogens with two attached hydrogens (primary N) is 1. The number of rotatable bonds is 1. The number of anilines is 1. The van der Waals surface area contributed by atoms with Crippen molar-refractivity contribution in [3.8, 4) is 11.4 Å². The highest BCUT2D eigenvalue weighted by Gasteiger charge is 2.09. The fourth-order valence-corrected chi connectivity index (χ4v) is 1.38. The van der Waals surface area contributed by atoms with Crippen LogP contribution in [0, 0.1) is 0 Å². The molecule has 0 spiro atoms. The third-order valence-electron chi connectivity index (χ3n) is 1.87. The Hall–Kier alpha value is -1.62. The second-order valence-corrected chi connectivity index (χ2v) is 3.29. The van der Waals surface area contributed by atoms with Crippen LogP contribution in [-0.4, -0.2) is 20.2 Å². The molecule has 0 fully saturated rings. The van der Waals surface area contributed by atoms with Crippen LogP contribution in [-0.2, 0) is 7.05 Å². The van der Waals surface area contributed by atoms with Gasteiger partial charge < -0.3 is 5.73 Å². The minimum Gasteiger partial charge on any atom is -0.398 e. The van der Waals surface area contributed by atoms with Gasteiger partial charge in [-0.15, -0.1) is 5.10 Å². The first-order valence-electron chi connectivity index (χ1n) is 3.96. The summed E-state index contributed by atoms with van der Waals surface area (Å²) in [5.74, 6) is 0.624. The normalized spacial score (nSPS) is 10.4. The molecule has 0 aliphatic rings. The monoisotopic (exact) mass is 209 g/mol. The molecule has 14 heavy (non-hydrogen) atoms. The highest BCUT2D eigenvalue weighted by Crippen LogP contribution is 2.25. The van der Waals surface area contributed by atoms with Gasteiger partial charge >= 0.3 is 0 Å². The molecule has 0 aliphatic carbocycles. The second-order valence-electron chi connectivity index (χ2n) is 2.86. The summed E-state index contributed by atoms with van der Waals surface area (Å²) < 4.78 is 1.56. The SMILES string of the molecule is Cn1nnnc1-c1ccc(Cl)cc1N. The second kappa shape index (κ2) is 3.26. The van der Waals surface area contributed by atoms with Crippen LogP contribution in [0.1, 0.15) is 0 Å². The molecule has 0 unspecified atom stereocenters. The minimum absolute atomic E-state index is 0.565. The number of hydrogen-bond donors (Lipinski definition) is 1. The molecule has 0 saturated heterocycles. The molecule has 2 aromatic rings. The van der Waals surface area contributed by atoms with Crippen LogP contribution < -0.4 is 5.73 Å². The van der Waals surface area contributed by atoms with Gasteiger partial charge in [-0.05, 0) is 28.6 Å². The van der Waals surface area contributed by atoms with Gasteiger partial charge in [0.05, 0.1) is 0 Å². The zero-order valence-electron chi connectivity index (χ0n) is 7.48. The van der Waals surface area contributed by atoms with Crippen LogP contribution in [0.2, 0.25) is 5.02 Å². The molecule has 72 valence electrons. The third-order valence-corrected chi connectivity index (χ3v) is 2.11. The molecule has 6 heteroatoms. The molecular formula is C8H8ClN5. The van der Waals surface area contributed by atoms with Crippen molar-refractivity contribution in [3.63, 3.8) is 0 Å². The largest absolute Gasteiger partial charge is 0.398 e. The van der Waals surface area contributed by atoms with E-state index in [0.29, 0.717) is 16.5 Å². The van der Waals surface area contributed by atoms with E-state index in [4.69, 9.17) is 17.3 Å². The van der Waals surface area contributed by atoms with Crippen LogP contribution in [0.5, 0.6) is 0 Å². The number of halogens is 1. The standard InChI is InChI=1S/C8H8ClN5/c1-14-8(11-12-13-14)6-3-2-5(9)4-7(6)10/h2-4H,10H2,1H3. The molecule has 0 radical (unpaired) electrons. The summed E-state index contributed by atoms with van der Waals surface area (Å²) in [7, 11) is 1.75. The zero-order valence-corrected chi connectivity index (χ0v) is 8.23. The predicted molar refractivity (Wildman–Crippen MR) is 53.7 cm³/mol. The van der Waals surface area contributed by atoms with Crippen LogP contribution >= 0.6 is 11.6 Å². The van der Waals surface area contributed by atoms with E-state index in [1.807, 2.05) is 0 Å². The van der Waals surface area contributed by atoms with E-state index in [1.165, 1.54) is 0 Å². The average Bonchev–Trinajstić information content (AvgIpc) is 2.52. The molecule has 0 amide bonds. The number of hydrogen-bond acceptors (Lipinski definition) is 4. The van der Waals surface area contributed by atoms with Gasteiger partial charge in [-0.25, -0.2) is 4.68 Å². The first-order valence-corrected chi connectivity index (χ1v) is 4.34. The van der Waals surface area contributed by atoms with Gasteiger partial charge in [-0.3, -0.25) is 0 Å². The summed E-state index contributed by atoms with van der Waals surface area (Å²) in [5, 5.41) is 11.7. The van der Waals surface area contributed by atoms with E-state index in [0.717, 1.165) is 5.56 Å². The number of aromatic nitrogens is 4. The Balaban J connectivity index is 2.58. The van der Waals surface area contributed by atoms with Crippen molar-refractivity contribution < 1.29 is 0 Å². The molecule has 1 aromatic carbocycles. The van der Waals surface area contributed by atoms with Gasteiger partial charge in [0.25, 0.3) is 0 Å². The van der Waals surface area contributed by atoms with Crippen LogP contribution in [0.3, 0.4) is 0 Å². The van der Waals surface area contributed by atoms with Crippen LogP contribution in [0.25, 0.3) is 11.4 Å². The molecule has 0 bridgehead atoms. The van der Waals surface area contributed by atoms with Crippen LogP contribution in [0.4, 0.5) is 5.69 Å². The van der Waals surface area contributed by atoms with Gasteiger partial charge in [-0.2, -0.15) is 0 Å². The van der Waals surface area contributed by atoms with E-state index in [2.05, 4.69) is 15.5 Å². The van der Waals surface area contributed by atoms with Crippen LogP contribution in [0.15, 0.2) is 18.2 Å². The summed E-state index contributed by atoms with van der Waals surface area (Å²) in [4.78, 5) is 0. The first kappa shape index (κ1) is 8.96. The number of nitrogens with zero attached hydrogens (tertiary/aromatic N) is 4. The lowest BCUT2D eigenvalue weighted by Crippen LogP contribution is -1.97. The molecule has 0 saturated carbocycles. The summed E-state index contributed by atoms with van der Waals surface area (Å²) >= 11 is 5.78. The summed E-state index contributed by atoms with van der Waals surface area (Å²) in [6.45, 7) is 0. The highest BCUT2D eigenvalue weighted by molar-refractivity contribution is 6.31. The maximum atomic E-state index is 5.79.